The minimum absolute atomic E-state index is 0. The van der Waals surface area contributed by atoms with Crippen LogP contribution in [0.2, 0.25) is 5.02 Å². The Morgan fingerprint density at radius 1 is 1.39 bits per heavy atom. The fourth-order valence-corrected chi connectivity index (χ4v) is 2.29. The van der Waals surface area contributed by atoms with Crippen molar-refractivity contribution in [2.24, 2.45) is 5.73 Å². The second kappa shape index (κ2) is 6.41. The van der Waals surface area contributed by atoms with Gasteiger partial charge in [0.1, 0.15) is 0 Å². The molecule has 1 aromatic carbocycles. The zero-order valence-corrected chi connectivity index (χ0v) is 11.9. The van der Waals surface area contributed by atoms with Gasteiger partial charge in [-0.1, -0.05) is 23.7 Å². The summed E-state index contributed by atoms with van der Waals surface area (Å²) in [5, 5.41) is 0.562. The number of aryl methyl sites for hydroxylation is 1. The van der Waals surface area contributed by atoms with Crippen molar-refractivity contribution in [3.8, 4) is 0 Å². The highest BCUT2D eigenvalue weighted by atomic mass is 35.5. The summed E-state index contributed by atoms with van der Waals surface area (Å²) in [5.41, 5.74) is 7.36. The fourth-order valence-electron chi connectivity index (χ4n) is 2.09. The SMILES string of the molecule is Cc1cccc(C(=O)N2CCC(N)CC2)c1Cl.Cl. The van der Waals surface area contributed by atoms with Gasteiger partial charge in [0.05, 0.1) is 10.6 Å². The molecule has 3 nitrogen and oxygen atoms in total. The Labute approximate surface area is 119 Å². The second-order valence-electron chi connectivity index (χ2n) is 4.57. The van der Waals surface area contributed by atoms with Crippen molar-refractivity contribution in [1.82, 2.24) is 4.90 Å². The number of benzene rings is 1. The molecule has 100 valence electrons. The number of rotatable bonds is 1. The van der Waals surface area contributed by atoms with Crippen LogP contribution in [0.4, 0.5) is 0 Å². The number of amides is 1. The van der Waals surface area contributed by atoms with Gasteiger partial charge in [-0.3, -0.25) is 4.79 Å². The standard InChI is InChI=1S/C13H17ClN2O.ClH/c1-9-3-2-4-11(12(9)14)13(17)16-7-5-10(15)6-8-16;/h2-4,10H,5-8,15H2,1H3;1H. The minimum atomic E-state index is 0. The molecule has 1 fully saturated rings. The molecule has 0 radical (unpaired) electrons. The molecule has 0 aliphatic carbocycles. The number of likely N-dealkylation sites (tertiary alicyclic amines) is 1. The van der Waals surface area contributed by atoms with E-state index in [1.165, 1.54) is 0 Å². The van der Waals surface area contributed by atoms with Crippen molar-refractivity contribution in [3.63, 3.8) is 0 Å². The first-order valence-electron chi connectivity index (χ1n) is 5.89. The van der Waals surface area contributed by atoms with Crippen molar-refractivity contribution in [1.29, 1.82) is 0 Å². The number of halogens is 2. The second-order valence-corrected chi connectivity index (χ2v) is 4.94. The molecule has 0 saturated carbocycles. The van der Waals surface area contributed by atoms with Gasteiger partial charge in [-0.25, -0.2) is 0 Å². The molecule has 1 aliphatic heterocycles. The average Bonchev–Trinajstić information content (AvgIpc) is 2.33. The number of nitrogens with zero attached hydrogens (tertiary/aromatic N) is 1. The number of piperidine rings is 1. The number of nitrogens with two attached hydrogens (primary N) is 1. The average molecular weight is 289 g/mol. The maximum absolute atomic E-state index is 12.3. The molecular formula is C13H18Cl2N2O. The molecule has 0 spiro atoms. The molecule has 0 atom stereocenters. The normalized spacial score (nSPS) is 16.3. The molecule has 2 N–H and O–H groups in total. The molecule has 0 bridgehead atoms. The van der Waals surface area contributed by atoms with Gasteiger partial charge in [0.15, 0.2) is 0 Å². The Hall–Kier alpha value is -0.770. The summed E-state index contributed by atoms with van der Waals surface area (Å²) in [6.45, 7) is 3.36. The maximum atomic E-state index is 12.3. The molecule has 0 unspecified atom stereocenters. The molecule has 18 heavy (non-hydrogen) atoms. The lowest BCUT2D eigenvalue weighted by Gasteiger charge is -2.30. The van der Waals surface area contributed by atoms with E-state index in [-0.39, 0.29) is 24.4 Å². The smallest absolute Gasteiger partial charge is 0.255 e. The van der Waals surface area contributed by atoms with Gasteiger partial charge in [-0.2, -0.15) is 0 Å². The van der Waals surface area contributed by atoms with Crippen LogP contribution in [0.25, 0.3) is 0 Å². The lowest BCUT2D eigenvalue weighted by Crippen LogP contribution is -2.42. The van der Waals surface area contributed by atoms with Crippen molar-refractivity contribution in [3.05, 3.63) is 34.3 Å². The first kappa shape index (κ1) is 15.3. The monoisotopic (exact) mass is 288 g/mol. The van der Waals surface area contributed by atoms with E-state index >= 15 is 0 Å². The Morgan fingerprint density at radius 3 is 2.61 bits per heavy atom. The zero-order chi connectivity index (χ0) is 12.4. The maximum Gasteiger partial charge on any atom is 0.255 e. The van der Waals surface area contributed by atoms with Crippen LogP contribution in [0.5, 0.6) is 0 Å². The summed E-state index contributed by atoms with van der Waals surface area (Å²) < 4.78 is 0. The summed E-state index contributed by atoms with van der Waals surface area (Å²) >= 11 is 6.16. The lowest BCUT2D eigenvalue weighted by atomic mass is 10.0. The van der Waals surface area contributed by atoms with Gasteiger partial charge in [0.25, 0.3) is 5.91 Å². The molecule has 1 aromatic rings. The van der Waals surface area contributed by atoms with Gasteiger partial charge in [-0.05, 0) is 31.4 Å². The summed E-state index contributed by atoms with van der Waals surface area (Å²) in [5.74, 6) is 0.0191. The van der Waals surface area contributed by atoms with Gasteiger partial charge >= 0.3 is 0 Å². The first-order chi connectivity index (χ1) is 8.09. The molecule has 0 aromatic heterocycles. The highest BCUT2D eigenvalue weighted by Gasteiger charge is 2.23. The summed E-state index contributed by atoms with van der Waals surface area (Å²) in [6.07, 6.45) is 1.74. The van der Waals surface area contributed by atoms with Crippen LogP contribution in [0.15, 0.2) is 18.2 Å². The van der Waals surface area contributed by atoms with E-state index in [1.54, 1.807) is 6.07 Å². The Kier molecular flexibility index (Phi) is 5.45. The third kappa shape index (κ3) is 3.16. The van der Waals surface area contributed by atoms with Gasteiger partial charge < -0.3 is 10.6 Å². The zero-order valence-electron chi connectivity index (χ0n) is 10.4. The number of hydrogen-bond acceptors (Lipinski definition) is 2. The van der Waals surface area contributed by atoms with Crippen LogP contribution in [0, 0.1) is 6.92 Å². The van der Waals surface area contributed by atoms with E-state index in [0.717, 1.165) is 31.5 Å². The van der Waals surface area contributed by atoms with Gasteiger partial charge in [0.2, 0.25) is 0 Å². The molecule has 1 saturated heterocycles. The number of carbonyl (C=O) groups excluding carboxylic acids is 1. The van der Waals surface area contributed by atoms with Crippen LogP contribution in [0.1, 0.15) is 28.8 Å². The van der Waals surface area contributed by atoms with Crippen LogP contribution < -0.4 is 5.73 Å². The van der Waals surface area contributed by atoms with Crippen molar-refractivity contribution >= 4 is 29.9 Å². The van der Waals surface area contributed by atoms with E-state index in [1.807, 2.05) is 24.0 Å². The molecule has 1 amide bonds. The third-order valence-corrected chi connectivity index (χ3v) is 3.75. The summed E-state index contributed by atoms with van der Waals surface area (Å²) in [4.78, 5) is 14.1. The molecule has 1 heterocycles. The fraction of sp³-hybridized carbons (Fsp3) is 0.462. The van der Waals surface area contributed by atoms with E-state index < -0.39 is 0 Å². The predicted octanol–water partition coefficient (Wildman–Crippen LogP) is 2.63. The molecule has 5 heteroatoms. The Bertz CT molecular complexity index is 429. The summed E-state index contributed by atoms with van der Waals surface area (Å²) in [7, 11) is 0. The van der Waals surface area contributed by atoms with Crippen LogP contribution in [-0.4, -0.2) is 29.9 Å². The van der Waals surface area contributed by atoms with Crippen LogP contribution >= 0.6 is 24.0 Å². The summed E-state index contributed by atoms with van der Waals surface area (Å²) in [6, 6.07) is 5.79. The van der Waals surface area contributed by atoms with Crippen LogP contribution in [-0.2, 0) is 0 Å². The third-order valence-electron chi connectivity index (χ3n) is 3.25. The largest absolute Gasteiger partial charge is 0.338 e. The number of hydrogen-bond donors (Lipinski definition) is 1. The van der Waals surface area contributed by atoms with Crippen molar-refractivity contribution in [2.45, 2.75) is 25.8 Å². The minimum Gasteiger partial charge on any atom is -0.338 e. The lowest BCUT2D eigenvalue weighted by molar-refractivity contribution is 0.0715. The first-order valence-corrected chi connectivity index (χ1v) is 6.27. The topological polar surface area (TPSA) is 46.3 Å². The van der Waals surface area contributed by atoms with E-state index in [4.69, 9.17) is 17.3 Å². The Morgan fingerprint density at radius 2 is 2.00 bits per heavy atom. The highest BCUT2D eigenvalue weighted by Crippen LogP contribution is 2.23. The van der Waals surface area contributed by atoms with Crippen molar-refractivity contribution in [2.75, 3.05) is 13.1 Å². The quantitative estimate of drug-likeness (QED) is 0.864. The van der Waals surface area contributed by atoms with Crippen LogP contribution in [0.3, 0.4) is 0 Å². The Balaban J connectivity index is 0.00000162. The molecular weight excluding hydrogens is 271 g/mol. The van der Waals surface area contributed by atoms with Gasteiger partial charge in [0, 0.05) is 19.1 Å². The highest BCUT2D eigenvalue weighted by molar-refractivity contribution is 6.34. The van der Waals surface area contributed by atoms with Crippen molar-refractivity contribution < 1.29 is 4.79 Å². The van der Waals surface area contributed by atoms with E-state index in [0.29, 0.717) is 10.6 Å². The number of carbonyl (C=O) groups is 1. The molecule has 2 rings (SSSR count). The molecule has 1 aliphatic rings. The van der Waals surface area contributed by atoms with E-state index in [9.17, 15) is 4.79 Å². The predicted molar refractivity (Wildman–Crippen MR) is 76.5 cm³/mol. The van der Waals surface area contributed by atoms with Gasteiger partial charge in [-0.15, -0.1) is 12.4 Å². The van der Waals surface area contributed by atoms with E-state index in [2.05, 4.69) is 0 Å².